The van der Waals surface area contributed by atoms with Crippen molar-refractivity contribution in [2.75, 3.05) is 17.7 Å². The minimum atomic E-state index is -0.497. The number of thioether (sulfide) groups is 1. The number of carbonyl (C=O) groups is 3. The van der Waals surface area contributed by atoms with Crippen LogP contribution < -0.4 is 20.9 Å². The van der Waals surface area contributed by atoms with Crippen molar-refractivity contribution in [2.45, 2.75) is 51.7 Å². The highest BCUT2D eigenvalue weighted by atomic mass is 32.2. The lowest BCUT2D eigenvalue weighted by Crippen LogP contribution is -2.42. The number of unbranched alkanes of at least 4 members (excludes halogenated alkanes) is 3. The summed E-state index contributed by atoms with van der Waals surface area (Å²) >= 11 is 1.13. The fourth-order valence-corrected chi connectivity index (χ4v) is 3.27. The van der Waals surface area contributed by atoms with E-state index in [0.29, 0.717) is 29.5 Å². The summed E-state index contributed by atoms with van der Waals surface area (Å²) in [6, 6.07) is 8.32. The van der Waals surface area contributed by atoms with Crippen LogP contribution in [0.1, 0.15) is 55.6 Å². The number of aromatic nitrogens is 1. The van der Waals surface area contributed by atoms with E-state index in [0.717, 1.165) is 24.6 Å². The molecule has 0 spiro atoms. The number of benzene rings is 1. The van der Waals surface area contributed by atoms with Gasteiger partial charge < -0.3 is 14.6 Å². The summed E-state index contributed by atoms with van der Waals surface area (Å²) in [5, 5.41) is 5.80. The van der Waals surface area contributed by atoms with Crippen LogP contribution in [-0.4, -0.2) is 40.5 Å². The monoisotopic (exact) mass is 462 g/mol. The molecule has 0 aliphatic heterocycles. The van der Waals surface area contributed by atoms with Gasteiger partial charge in [-0.2, -0.15) is 0 Å². The highest BCUT2D eigenvalue weighted by Gasteiger charge is 2.17. The molecule has 1 heterocycles. The Morgan fingerprint density at radius 3 is 2.53 bits per heavy atom. The molecule has 2 aromatic rings. The van der Waals surface area contributed by atoms with Gasteiger partial charge in [0.2, 0.25) is 11.8 Å². The van der Waals surface area contributed by atoms with E-state index in [2.05, 4.69) is 28.2 Å². The third kappa shape index (κ3) is 9.01. The van der Waals surface area contributed by atoms with Gasteiger partial charge in [-0.05, 0) is 44.5 Å². The number of ether oxygens (including phenoxy) is 1. The van der Waals surface area contributed by atoms with Crippen molar-refractivity contribution in [3.8, 4) is 5.75 Å². The predicted octanol–water partition coefficient (Wildman–Crippen LogP) is 3.46. The molecule has 10 heteroatoms. The first-order valence-corrected chi connectivity index (χ1v) is 11.6. The topological polar surface area (TPSA) is 123 Å². The minimum Gasteiger partial charge on any atom is -0.494 e. The van der Waals surface area contributed by atoms with Crippen molar-refractivity contribution in [3.05, 3.63) is 41.7 Å². The molecule has 0 saturated heterocycles. The van der Waals surface area contributed by atoms with Crippen LogP contribution in [-0.2, 0) is 9.59 Å². The molecule has 2 rings (SSSR count). The SMILES string of the molecule is CCCCCCOc1ccc(C(=O)NNC(=O)CSC(C)C(=O)Nc2cc(C)on2)cc1. The van der Waals surface area contributed by atoms with E-state index in [9.17, 15) is 14.4 Å². The van der Waals surface area contributed by atoms with Gasteiger partial charge in [-0.1, -0.05) is 31.3 Å². The van der Waals surface area contributed by atoms with Gasteiger partial charge in [-0.15, -0.1) is 11.8 Å². The third-order valence-corrected chi connectivity index (χ3v) is 5.55. The lowest BCUT2D eigenvalue weighted by atomic mass is 10.2. The quantitative estimate of drug-likeness (QED) is 0.326. The molecule has 1 unspecified atom stereocenters. The molecule has 174 valence electrons. The molecular weight excluding hydrogens is 432 g/mol. The first kappa shape index (κ1) is 25.3. The summed E-state index contributed by atoms with van der Waals surface area (Å²) in [4.78, 5) is 36.3. The van der Waals surface area contributed by atoms with Crippen molar-refractivity contribution < 1.29 is 23.6 Å². The minimum absolute atomic E-state index is 0.00246. The van der Waals surface area contributed by atoms with Gasteiger partial charge in [0, 0.05) is 11.6 Å². The van der Waals surface area contributed by atoms with E-state index < -0.39 is 17.1 Å². The van der Waals surface area contributed by atoms with Crippen LogP contribution in [0.2, 0.25) is 0 Å². The van der Waals surface area contributed by atoms with Crippen molar-refractivity contribution in [1.82, 2.24) is 16.0 Å². The van der Waals surface area contributed by atoms with Crippen LogP contribution in [0.3, 0.4) is 0 Å². The third-order valence-electron chi connectivity index (χ3n) is 4.41. The van der Waals surface area contributed by atoms with E-state index >= 15 is 0 Å². The second-order valence-electron chi connectivity index (χ2n) is 7.20. The van der Waals surface area contributed by atoms with Crippen molar-refractivity contribution in [2.24, 2.45) is 0 Å². The Hall–Kier alpha value is -3.01. The van der Waals surface area contributed by atoms with Gasteiger partial charge in [0.1, 0.15) is 11.5 Å². The number of nitrogens with one attached hydrogen (secondary N) is 3. The molecule has 1 atom stereocenters. The number of anilines is 1. The molecule has 0 saturated carbocycles. The van der Waals surface area contributed by atoms with Gasteiger partial charge in [0.05, 0.1) is 17.6 Å². The largest absolute Gasteiger partial charge is 0.494 e. The van der Waals surface area contributed by atoms with Crippen LogP contribution in [0.4, 0.5) is 5.82 Å². The maximum absolute atomic E-state index is 12.2. The number of hydrazine groups is 1. The van der Waals surface area contributed by atoms with Crippen molar-refractivity contribution >= 4 is 35.3 Å². The maximum Gasteiger partial charge on any atom is 0.269 e. The summed E-state index contributed by atoms with van der Waals surface area (Å²) in [5.74, 6) is 0.443. The van der Waals surface area contributed by atoms with Crippen molar-refractivity contribution in [3.63, 3.8) is 0 Å². The van der Waals surface area contributed by atoms with Crippen LogP contribution in [0, 0.1) is 6.92 Å². The number of hydrogen-bond acceptors (Lipinski definition) is 7. The molecule has 0 bridgehead atoms. The van der Waals surface area contributed by atoms with Gasteiger partial charge in [-0.25, -0.2) is 0 Å². The predicted molar refractivity (Wildman–Crippen MR) is 123 cm³/mol. The normalized spacial score (nSPS) is 11.5. The second kappa shape index (κ2) is 13.4. The zero-order valence-electron chi connectivity index (χ0n) is 18.6. The fourth-order valence-electron chi connectivity index (χ4n) is 2.59. The number of amides is 3. The Kier molecular flexibility index (Phi) is 10.6. The van der Waals surface area contributed by atoms with Crippen LogP contribution in [0.15, 0.2) is 34.9 Å². The molecule has 0 radical (unpaired) electrons. The molecule has 32 heavy (non-hydrogen) atoms. The molecular formula is C22H30N4O5S. The lowest BCUT2D eigenvalue weighted by Gasteiger charge is -2.11. The Bertz CT molecular complexity index is 885. The van der Waals surface area contributed by atoms with E-state index in [4.69, 9.17) is 9.26 Å². The van der Waals surface area contributed by atoms with Gasteiger partial charge >= 0.3 is 0 Å². The number of rotatable bonds is 12. The molecule has 3 N–H and O–H groups in total. The molecule has 0 aliphatic carbocycles. The molecule has 1 aromatic carbocycles. The molecule has 0 aliphatic rings. The summed E-state index contributed by atoms with van der Waals surface area (Å²) in [5.41, 5.74) is 5.11. The number of aryl methyl sites for hydroxylation is 1. The average molecular weight is 463 g/mol. The summed E-state index contributed by atoms with van der Waals surface area (Å²) in [7, 11) is 0. The number of hydrogen-bond donors (Lipinski definition) is 3. The van der Waals surface area contributed by atoms with Crippen LogP contribution >= 0.6 is 11.8 Å². The molecule has 1 aromatic heterocycles. The summed E-state index contributed by atoms with van der Waals surface area (Å²) in [6.45, 7) is 6.20. The molecule has 9 nitrogen and oxygen atoms in total. The zero-order chi connectivity index (χ0) is 23.3. The fraction of sp³-hybridized carbons (Fsp3) is 0.455. The Morgan fingerprint density at radius 1 is 1.12 bits per heavy atom. The zero-order valence-corrected chi connectivity index (χ0v) is 19.4. The first-order chi connectivity index (χ1) is 15.4. The van der Waals surface area contributed by atoms with E-state index in [1.54, 1.807) is 44.2 Å². The second-order valence-corrected chi connectivity index (χ2v) is 8.53. The Labute approximate surface area is 192 Å². The maximum atomic E-state index is 12.2. The smallest absolute Gasteiger partial charge is 0.269 e. The van der Waals surface area contributed by atoms with Crippen LogP contribution in [0.5, 0.6) is 5.75 Å². The number of nitrogens with zero attached hydrogens (tertiary/aromatic N) is 1. The highest BCUT2D eigenvalue weighted by Crippen LogP contribution is 2.15. The van der Waals surface area contributed by atoms with Crippen molar-refractivity contribution in [1.29, 1.82) is 0 Å². The Balaban J connectivity index is 1.66. The average Bonchev–Trinajstić information content (AvgIpc) is 3.20. The van der Waals surface area contributed by atoms with Gasteiger partial charge in [0.15, 0.2) is 5.82 Å². The first-order valence-electron chi connectivity index (χ1n) is 10.6. The summed E-state index contributed by atoms with van der Waals surface area (Å²) < 4.78 is 10.5. The lowest BCUT2D eigenvalue weighted by molar-refractivity contribution is -0.119. The van der Waals surface area contributed by atoms with E-state index in [1.165, 1.54) is 12.8 Å². The van der Waals surface area contributed by atoms with E-state index in [1.807, 2.05) is 0 Å². The van der Waals surface area contributed by atoms with Gasteiger partial charge in [-0.3, -0.25) is 25.2 Å². The summed E-state index contributed by atoms with van der Waals surface area (Å²) in [6.07, 6.45) is 4.51. The number of carbonyl (C=O) groups excluding carboxylic acids is 3. The molecule has 0 fully saturated rings. The molecule has 3 amide bonds. The Morgan fingerprint density at radius 2 is 1.88 bits per heavy atom. The standard InChI is InChI=1S/C22H30N4O5S/c1-4-5-6-7-12-30-18-10-8-17(9-11-18)22(29)25-24-20(27)14-32-16(3)21(28)23-19-13-15(2)31-26-19/h8-11,13,16H,4-7,12,14H2,1-3H3,(H,24,27)(H,25,29)(H,23,26,28). The van der Waals surface area contributed by atoms with E-state index in [-0.39, 0.29) is 11.7 Å². The van der Waals surface area contributed by atoms with Crippen LogP contribution in [0.25, 0.3) is 0 Å². The van der Waals surface area contributed by atoms with Gasteiger partial charge in [0.25, 0.3) is 5.91 Å². The highest BCUT2D eigenvalue weighted by molar-refractivity contribution is 8.01.